The average Bonchev–Trinajstić information content (AvgIpc) is 2.60. The number of hydrogen-bond donors (Lipinski definition) is 0. The van der Waals surface area contributed by atoms with Gasteiger partial charge in [-0.05, 0) is 85.1 Å². The smallest absolute Gasteiger partial charge is 0.351 e. The molecule has 0 aliphatic carbocycles. The average molecular weight is 376 g/mol. The molecule has 0 fully saturated rings. The normalized spacial score (nSPS) is 12.7. The van der Waals surface area contributed by atoms with Crippen LogP contribution in [0.3, 0.4) is 0 Å². The SMILES string of the molecule is CCCN(C)CCCN(CCCN(C)CCC)C[Si](CC)(OC)OC. The van der Waals surface area contributed by atoms with Crippen molar-refractivity contribution in [3.63, 3.8) is 0 Å². The van der Waals surface area contributed by atoms with Gasteiger partial charge in [0.25, 0.3) is 0 Å². The molecule has 6 heteroatoms. The van der Waals surface area contributed by atoms with E-state index in [0.29, 0.717) is 0 Å². The Balaban J connectivity index is 4.53. The van der Waals surface area contributed by atoms with Crippen molar-refractivity contribution >= 4 is 8.56 Å². The second-order valence-corrected chi connectivity index (χ2v) is 10.9. The van der Waals surface area contributed by atoms with E-state index in [2.05, 4.69) is 49.6 Å². The predicted octanol–water partition coefficient (Wildman–Crippen LogP) is 3.05. The summed E-state index contributed by atoms with van der Waals surface area (Å²) in [5.74, 6) is 0. The Morgan fingerprint density at radius 1 is 0.680 bits per heavy atom. The van der Waals surface area contributed by atoms with Gasteiger partial charge in [-0.3, -0.25) is 0 Å². The third-order valence-electron chi connectivity index (χ3n) is 4.99. The molecule has 25 heavy (non-hydrogen) atoms. The van der Waals surface area contributed by atoms with Gasteiger partial charge in [0.2, 0.25) is 0 Å². The lowest BCUT2D eigenvalue weighted by atomic mass is 10.3. The van der Waals surface area contributed by atoms with Crippen LogP contribution in [-0.2, 0) is 8.85 Å². The summed E-state index contributed by atoms with van der Waals surface area (Å²) in [6.45, 7) is 13.7. The molecule has 0 radical (unpaired) electrons. The van der Waals surface area contributed by atoms with Gasteiger partial charge in [-0.2, -0.15) is 0 Å². The Morgan fingerprint density at radius 2 is 1.12 bits per heavy atom. The van der Waals surface area contributed by atoms with Gasteiger partial charge in [-0.1, -0.05) is 20.8 Å². The molecule has 0 rings (SSSR count). The molecular formula is C19H45N3O2Si. The molecule has 0 unspecified atom stereocenters. The molecule has 0 saturated carbocycles. The lowest BCUT2D eigenvalue weighted by Gasteiger charge is -2.33. The van der Waals surface area contributed by atoms with Crippen molar-refractivity contribution in [3.8, 4) is 0 Å². The number of hydrogen-bond acceptors (Lipinski definition) is 5. The zero-order valence-electron chi connectivity index (χ0n) is 18.1. The van der Waals surface area contributed by atoms with Crippen LogP contribution in [0.2, 0.25) is 6.04 Å². The lowest BCUT2D eigenvalue weighted by Crippen LogP contribution is -2.51. The van der Waals surface area contributed by atoms with Gasteiger partial charge in [0.15, 0.2) is 0 Å². The first kappa shape index (κ1) is 25.0. The topological polar surface area (TPSA) is 28.2 Å². The van der Waals surface area contributed by atoms with Crippen LogP contribution in [0.5, 0.6) is 0 Å². The maximum atomic E-state index is 5.85. The molecule has 0 aromatic heterocycles. The minimum atomic E-state index is -2.07. The zero-order chi connectivity index (χ0) is 19.1. The van der Waals surface area contributed by atoms with Gasteiger partial charge in [0.05, 0.1) is 0 Å². The summed E-state index contributed by atoms with van der Waals surface area (Å²) in [6.07, 6.45) is 5.85. The van der Waals surface area contributed by atoms with Gasteiger partial charge < -0.3 is 23.6 Å². The predicted molar refractivity (Wildman–Crippen MR) is 112 cm³/mol. The minimum absolute atomic E-state index is 0.978. The van der Waals surface area contributed by atoms with Gasteiger partial charge in [0, 0.05) is 20.4 Å². The van der Waals surface area contributed by atoms with E-state index in [1.807, 2.05) is 14.2 Å². The molecule has 0 aromatic carbocycles. The van der Waals surface area contributed by atoms with Crippen molar-refractivity contribution in [1.29, 1.82) is 0 Å². The second kappa shape index (κ2) is 15.1. The fraction of sp³-hybridized carbons (Fsp3) is 1.00. The molecule has 0 amide bonds. The van der Waals surface area contributed by atoms with E-state index in [4.69, 9.17) is 8.85 Å². The monoisotopic (exact) mass is 375 g/mol. The maximum Gasteiger partial charge on any atom is 0.351 e. The van der Waals surface area contributed by atoms with Crippen LogP contribution >= 0.6 is 0 Å². The lowest BCUT2D eigenvalue weighted by molar-refractivity contribution is 0.191. The molecule has 0 aromatic rings. The van der Waals surface area contributed by atoms with Crippen molar-refractivity contribution in [3.05, 3.63) is 0 Å². The van der Waals surface area contributed by atoms with Gasteiger partial charge in [-0.25, -0.2) is 0 Å². The van der Waals surface area contributed by atoms with E-state index in [-0.39, 0.29) is 0 Å². The standard InChI is InChI=1S/C19H45N3O2Si/c1-8-13-20(4)15-11-17-22(18-12-16-21(5)14-9-2)19-25(10-3,23-6)24-7/h8-19H2,1-7H3. The van der Waals surface area contributed by atoms with Crippen LogP contribution in [0, 0.1) is 0 Å². The highest BCUT2D eigenvalue weighted by atomic mass is 28.4. The second-order valence-electron chi connectivity index (χ2n) is 7.26. The minimum Gasteiger partial charge on any atom is -0.397 e. The van der Waals surface area contributed by atoms with Gasteiger partial charge >= 0.3 is 8.56 Å². The Hall–Kier alpha value is 0.0169. The summed E-state index contributed by atoms with van der Waals surface area (Å²) in [7, 11) is 6.03. The highest BCUT2D eigenvalue weighted by Crippen LogP contribution is 2.14. The molecule has 0 heterocycles. The third-order valence-corrected chi connectivity index (χ3v) is 8.48. The van der Waals surface area contributed by atoms with Crippen LogP contribution in [0.25, 0.3) is 0 Å². The van der Waals surface area contributed by atoms with E-state index in [1.54, 1.807) is 0 Å². The van der Waals surface area contributed by atoms with Crippen molar-refractivity contribution in [2.75, 3.05) is 73.8 Å². The van der Waals surface area contributed by atoms with E-state index in [0.717, 1.165) is 25.3 Å². The fourth-order valence-corrected chi connectivity index (χ4v) is 5.56. The van der Waals surface area contributed by atoms with E-state index in [1.165, 1.54) is 51.9 Å². The highest BCUT2D eigenvalue weighted by Gasteiger charge is 2.35. The van der Waals surface area contributed by atoms with Crippen molar-refractivity contribution in [2.24, 2.45) is 0 Å². The Labute approximate surface area is 158 Å². The van der Waals surface area contributed by atoms with Crippen molar-refractivity contribution in [1.82, 2.24) is 14.7 Å². The van der Waals surface area contributed by atoms with E-state index >= 15 is 0 Å². The van der Waals surface area contributed by atoms with E-state index in [9.17, 15) is 0 Å². The van der Waals surface area contributed by atoms with Crippen molar-refractivity contribution in [2.45, 2.75) is 52.5 Å². The van der Waals surface area contributed by atoms with Crippen LogP contribution in [0.15, 0.2) is 0 Å². The Kier molecular flexibility index (Phi) is 15.1. The molecule has 0 N–H and O–H groups in total. The van der Waals surface area contributed by atoms with Gasteiger partial charge in [-0.15, -0.1) is 0 Å². The zero-order valence-corrected chi connectivity index (χ0v) is 19.1. The molecule has 0 aliphatic rings. The third kappa shape index (κ3) is 11.4. The summed E-state index contributed by atoms with van der Waals surface area (Å²) < 4.78 is 11.7. The maximum absolute atomic E-state index is 5.85. The highest BCUT2D eigenvalue weighted by molar-refractivity contribution is 6.67. The number of rotatable bonds is 17. The first-order valence-electron chi connectivity index (χ1n) is 10.2. The first-order valence-corrected chi connectivity index (χ1v) is 12.4. The van der Waals surface area contributed by atoms with Crippen LogP contribution in [-0.4, -0.2) is 97.0 Å². The summed E-state index contributed by atoms with van der Waals surface area (Å²) in [6, 6.07) is 1.00. The molecular weight excluding hydrogens is 330 g/mol. The molecule has 152 valence electrons. The quantitative estimate of drug-likeness (QED) is 0.364. The molecule has 0 aliphatic heterocycles. The Morgan fingerprint density at radius 3 is 1.44 bits per heavy atom. The Bertz CT molecular complexity index is 278. The van der Waals surface area contributed by atoms with Crippen molar-refractivity contribution < 1.29 is 8.85 Å². The van der Waals surface area contributed by atoms with Crippen LogP contribution in [0.4, 0.5) is 0 Å². The summed E-state index contributed by atoms with van der Waals surface area (Å²) >= 11 is 0. The van der Waals surface area contributed by atoms with Crippen LogP contribution in [0.1, 0.15) is 46.5 Å². The van der Waals surface area contributed by atoms with Crippen LogP contribution < -0.4 is 0 Å². The summed E-state index contributed by atoms with van der Waals surface area (Å²) in [5, 5.41) is 0. The summed E-state index contributed by atoms with van der Waals surface area (Å²) in [4.78, 5) is 7.46. The number of nitrogens with zero attached hydrogens (tertiary/aromatic N) is 3. The largest absolute Gasteiger partial charge is 0.397 e. The molecule has 0 spiro atoms. The fourth-order valence-electron chi connectivity index (χ4n) is 3.34. The first-order chi connectivity index (χ1) is 12.0. The van der Waals surface area contributed by atoms with Gasteiger partial charge in [0.1, 0.15) is 0 Å². The summed E-state index contributed by atoms with van der Waals surface area (Å²) in [5.41, 5.74) is 0. The molecule has 0 atom stereocenters. The molecule has 0 saturated heterocycles. The molecule has 0 bridgehead atoms. The van der Waals surface area contributed by atoms with E-state index < -0.39 is 8.56 Å². The molecule has 5 nitrogen and oxygen atoms in total.